The van der Waals surface area contributed by atoms with Gasteiger partial charge in [-0.15, -0.1) is 0 Å². The molecule has 8 nitrogen and oxygen atoms in total. The fourth-order valence-corrected chi connectivity index (χ4v) is 3.53. The quantitative estimate of drug-likeness (QED) is 0.599. The predicted molar refractivity (Wildman–Crippen MR) is 122 cm³/mol. The van der Waals surface area contributed by atoms with E-state index in [9.17, 15) is 4.79 Å². The Balaban J connectivity index is 1.78. The Morgan fingerprint density at radius 1 is 0.906 bits per heavy atom. The third-order valence-electron chi connectivity index (χ3n) is 5.08. The molecule has 164 valence electrons. The summed E-state index contributed by atoms with van der Waals surface area (Å²) in [5.74, 6) is 1.85. The minimum atomic E-state index is -0.333. The zero-order chi connectivity index (χ0) is 22.8. The lowest BCUT2D eigenvalue weighted by atomic mass is 10.1. The summed E-state index contributed by atoms with van der Waals surface area (Å²) in [6.07, 6.45) is 1.66. The molecule has 2 heterocycles. The smallest absolute Gasteiger partial charge is 0.275 e. The first-order valence-electron chi connectivity index (χ1n) is 9.85. The van der Waals surface area contributed by atoms with Gasteiger partial charge < -0.3 is 24.3 Å². The van der Waals surface area contributed by atoms with Crippen molar-refractivity contribution < 1.29 is 23.7 Å². The molecule has 3 aromatic rings. The van der Waals surface area contributed by atoms with Crippen LogP contribution in [0.2, 0.25) is 0 Å². The lowest BCUT2D eigenvalue weighted by Crippen LogP contribution is -2.24. The first-order valence-corrected chi connectivity index (χ1v) is 9.85. The van der Waals surface area contributed by atoms with Crippen LogP contribution in [0.4, 0.5) is 0 Å². The molecule has 0 saturated carbocycles. The number of hydrogen-bond donors (Lipinski definition) is 1. The van der Waals surface area contributed by atoms with Crippen LogP contribution in [-0.4, -0.2) is 45.2 Å². The molecule has 8 heteroatoms. The van der Waals surface area contributed by atoms with Crippen molar-refractivity contribution in [3.63, 3.8) is 0 Å². The maximum Gasteiger partial charge on any atom is 0.275 e. The first kappa shape index (κ1) is 21.2. The van der Waals surface area contributed by atoms with E-state index in [1.54, 1.807) is 25.3 Å². The second-order valence-electron chi connectivity index (χ2n) is 7.14. The highest BCUT2D eigenvalue weighted by Crippen LogP contribution is 2.38. The number of nitrogens with one attached hydrogen (secondary N) is 1. The summed E-state index contributed by atoms with van der Waals surface area (Å²) in [6.45, 7) is 2.01. The summed E-state index contributed by atoms with van der Waals surface area (Å²) in [7, 11) is 6.14. The maximum atomic E-state index is 12.7. The fraction of sp³-hybridized carbons (Fsp3) is 0.208. The average Bonchev–Trinajstić information content (AvgIpc) is 3.17. The minimum absolute atomic E-state index is 0.237. The Kier molecular flexibility index (Phi) is 5.68. The number of aliphatic imine (C=N–C) groups is 1. The summed E-state index contributed by atoms with van der Waals surface area (Å²) < 4.78 is 21.6. The van der Waals surface area contributed by atoms with Crippen LogP contribution in [0.15, 0.2) is 47.1 Å². The Bertz CT molecular complexity index is 1260. The highest BCUT2D eigenvalue weighted by atomic mass is 16.5. The van der Waals surface area contributed by atoms with Crippen molar-refractivity contribution in [2.45, 2.75) is 6.92 Å². The average molecular weight is 433 g/mol. The molecule has 0 saturated heterocycles. The monoisotopic (exact) mass is 433 g/mol. The van der Waals surface area contributed by atoms with Crippen LogP contribution in [0.5, 0.6) is 23.1 Å². The van der Waals surface area contributed by atoms with Gasteiger partial charge in [0, 0.05) is 16.5 Å². The van der Waals surface area contributed by atoms with Crippen LogP contribution in [0, 0.1) is 6.92 Å². The number of nitrogens with zero attached hydrogens (tertiary/aromatic N) is 2. The molecule has 0 bridgehead atoms. The number of amides is 1. The van der Waals surface area contributed by atoms with E-state index in [-0.39, 0.29) is 11.6 Å². The number of carbonyl (C=O) groups is 1. The van der Waals surface area contributed by atoms with Crippen molar-refractivity contribution in [1.29, 1.82) is 0 Å². The molecular weight excluding hydrogens is 410 g/mol. The Morgan fingerprint density at radius 3 is 2.25 bits per heavy atom. The lowest BCUT2D eigenvalue weighted by molar-refractivity contribution is -0.115. The summed E-state index contributed by atoms with van der Waals surface area (Å²) in [5.41, 5.74) is 3.44. The molecule has 32 heavy (non-hydrogen) atoms. The first-order chi connectivity index (χ1) is 15.5. The van der Waals surface area contributed by atoms with Crippen LogP contribution in [0.1, 0.15) is 16.7 Å². The molecule has 0 unspecified atom stereocenters. The number of amidine groups is 1. The van der Waals surface area contributed by atoms with Crippen molar-refractivity contribution >= 4 is 28.7 Å². The van der Waals surface area contributed by atoms with E-state index in [2.05, 4.69) is 15.3 Å². The number of aromatic nitrogens is 1. The Labute approximate surface area is 185 Å². The van der Waals surface area contributed by atoms with Gasteiger partial charge in [0.2, 0.25) is 11.6 Å². The molecule has 0 fully saturated rings. The predicted octanol–water partition coefficient (Wildman–Crippen LogP) is 3.50. The molecule has 0 atom stereocenters. The number of ether oxygens (including phenoxy) is 4. The third kappa shape index (κ3) is 3.82. The van der Waals surface area contributed by atoms with E-state index in [4.69, 9.17) is 18.9 Å². The Morgan fingerprint density at radius 2 is 1.62 bits per heavy atom. The molecule has 1 N–H and O–H groups in total. The second kappa shape index (κ2) is 8.58. The van der Waals surface area contributed by atoms with Crippen molar-refractivity contribution in [2.75, 3.05) is 28.4 Å². The highest BCUT2D eigenvalue weighted by Gasteiger charge is 2.24. The maximum absolute atomic E-state index is 12.7. The topological polar surface area (TPSA) is 91.3 Å². The van der Waals surface area contributed by atoms with E-state index in [1.165, 1.54) is 21.3 Å². The lowest BCUT2D eigenvalue weighted by Gasteiger charge is -2.13. The van der Waals surface area contributed by atoms with Crippen molar-refractivity contribution in [1.82, 2.24) is 10.3 Å². The van der Waals surface area contributed by atoms with Gasteiger partial charge in [-0.05, 0) is 43.3 Å². The van der Waals surface area contributed by atoms with Gasteiger partial charge in [0.1, 0.15) is 11.5 Å². The number of methoxy groups -OCH3 is 4. The van der Waals surface area contributed by atoms with Crippen LogP contribution < -0.4 is 24.3 Å². The van der Waals surface area contributed by atoms with Gasteiger partial charge in [0.25, 0.3) is 5.91 Å². The largest absolute Gasteiger partial charge is 0.493 e. The summed E-state index contributed by atoms with van der Waals surface area (Å²) in [5, 5.41) is 3.74. The van der Waals surface area contributed by atoms with Crippen LogP contribution in [0.3, 0.4) is 0 Å². The van der Waals surface area contributed by atoms with E-state index in [1.807, 2.05) is 31.2 Å². The number of carbonyl (C=O) groups excluding carboxylic acids is 1. The van der Waals surface area contributed by atoms with Gasteiger partial charge in [0.05, 0.1) is 34.0 Å². The molecule has 1 aliphatic rings. The van der Waals surface area contributed by atoms with Gasteiger partial charge in [-0.1, -0.05) is 11.6 Å². The molecule has 4 rings (SSSR count). The van der Waals surface area contributed by atoms with Gasteiger partial charge in [0.15, 0.2) is 11.5 Å². The highest BCUT2D eigenvalue weighted by molar-refractivity contribution is 6.20. The van der Waals surface area contributed by atoms with Crippen LogP contribution in [-0.2, 0) is 4.79 Å². The molecule has 1 aliphatic heterocycles. The van der Waals surface area contributed by atoms with Crippen molar-refractivity contribution in [3.8, 4) is 23.1 Å². The van der Waals surface area contributed by atoms with Crippen molar-refractivity contribution in [2.24, 2.45) is 4.99 Å². The SMILES string of the molecule is COc1cc(C2=NC(=Cc3cc4cc(C)ccc4nc3OC)C(=O)N2)cc(OC)c1OC. The third-order valence-corrected chi connectivity index (χ3v) is 5.08. The number of aryl methyl sites for hydroxylation is 1. The molecule has 1 amide bonds. The second-order valence-corrected chi connectivity index (χ2v) is 7.14. The van der Waals surface area contributed by atoms with E-state index < -0.39 is 0 Å². The molecular formula is C24H23N3O5. The molecule has 0 spiro atoms. The molecule has 0 aliphatic carbocycles. The standard InChI is InChI=1S/C24H23N3O5/c1-13-6-7-17-14(8-13)9-16(24(26-17)32-5)10-18-23(28)27-22(25-18)15-11-19(29-2)21(31-4)20(12-15)30-3/h6-12H,1-5H3,(H,25,27,28). The van der Waals surface area contributed by atoms with Crippen LogP contribution in [0.25, 0.3) is 17.0 Å². The number of fused-ring (bicyclic) bond motifs is 1. The van der Waals surface area contributed by atoms with E-state index in [0.717, 1.165) is 16.5 Å². The number of benzene rings is 2. The van der Waals surface area contributed by atoms with E-state index >= 15 is 0 Å². The summed E-state index contributed by atoms with van der Waals surface area (Å²) in [6, 6.07) is 11.3. The Hall–Kier alpha value is -4.07. The zero-order valence-electron chi connectivity index (χ0n) is 18.5. The molecule has 0 radical (unpaired) electrons. The number of rotatable bonds is 6. The normalized spacial score (nSPS) is 14.3. The van der Waals surface area contributed by atoms with Gasteiger partial charge >= 0.3 is 0 Å². The van der Waals surface area contributed by atoms with Gasteiger partial charge in [-0.3, -0.25) is 4.79 Å². The van der Waals surface area contributed by atoms with Gasteiger partial charge in [-0.2, -0.15) is 0 Å². The van der Waals surface area contributed by atoms with Crippen molar-refractivity contribution in [3.05, 3.63) is 58.8 Å². The molecule has 1 aromatic heterocycles. The number of pyridine rings is 1. The molecule has 2 aromatic carbocycles. The van der Waals surface area contributed by atoms with E-state index in [0.29, 0.717) is 40.1 Å². The van der Waals surface area contributed by atoms with Gasteiger partial charge in [-0.25, -0.2) is 9.98 Å². The number of hydrogen-bond acceptors (Lipinski definition) is 7. The van der Waals surface area contributed by atoms with Crippen LogP contribution >= 0.6 is 0 Å². The minimum Gasteiger partial charge on any atom is -0.493 e. The summed E-state index contributed by atoms with van der Waals surface area (Å²) in [4.78, 5) is 21.7. The fourth-order valence-electron chi connectivity index (χ4n) is 3.53. The summed E-state index contributed by atoms with van der Waals surface area (Å²) >= 11 is 0. The zero-order valence-corrected chi connectivity index (χ0v) is 18.5.